The Morgan fingerprint density at radius 1 is 1.31 bits per heavy atom. The molecule has 1 aliphatic heterocycles. The lowest BCUT2D eigenvalue weighted by atomic mass is 10.2. The number of amides is 1. The summed E-state index contributed by atoms with van der Waals surface area (Å²) in [6.45, 7) is 6.08. The van der Waals surface area contributed by atoms with Crippen LogP contribution in [0.2, 0.25) is 0 Å². The number of hydrogen-bond acceptors (Lipinski definition) is 7. The summed E-state index contributed by atoms with van der Waals surface area (Å²) < 4.78 is 7.47. The van der Waals surface area contributed by atoms with Crippen molar-refractivity contribution in [3.05, 3.63) is 41.9 Å². The summed E-state index contributed by atoms with van der Waals surface area (Å²) in [7, 11) is 1.97. The van der Waals surface area contributed by atoms with Crippen molar-refractivity contribution in [1.82, 2.24) is 24.9 Å². The first-order chi connectivity index (χ1) is 14.1. The molecular weight excluding hydrogens is 370 g/mol. The lowest BCUT2D eigenvalue weighted by molar-refractivity contribution is 0.102. The number of anilines is 2. The summed E-state index contributed by atoms with van der Waals surface area (Å²) in [6.07, 6.45) is 4.66. The van der Waals surface area contributed by atoms with E-state index in [0.29, 0.717) is 29.8 Å². The molecule has 152 valence electrons. The van der Waals surface area contributed by atoms with Crippen LogP contribution < -0.4 is 20.3 Å². The number of hydrogen-bond donors (Lipinski definition) is 2. The number of carbonyl (C=O) groups excluding carboxylic acids is 1. The van der Waals surface area contributed by atoms with Crippen LogP contribution in [0.25, 0.3) is 5.65 Å². The van der Waals surface area contributed by atoms with Crippen LogP contribution in [-0.4, -0.2) is 58.3 Å². The molecule has 4 rings (SSSR count). The third kappa shape index (κ3) is 4.00. The molecule has 0 radical (unpaired) electrons. The zero-order valence-electron chi connectivity index (χ0n) is 16.8. The van der Waals surface area contributed by atoms with Crippen molar-refractivity contribution in [2.24, 2.45) is 0 Å². The number of rotatable bonds is 6. The lowest BCUT2D eigenvalue weighted by Crippen LogP contribution is -2.30. The van der Waals surface area contributed by atoms with E-state index in [1.54, 1.807) is 18.3 Å². The predicted octanol–water partition coefficient (Wildman–Crippen LogP) is 1.88. The van der Waals surface area contributed by atoms with Gasteiger partial charge in [-0.1, -0.05) is 0 Å². The van der Waals surface area contributed by atoms with Gasteiger partial charge in [0, 0.05) is 37.6 Å². The Morgan fingerprint density at radius 2 is 2.17 bits per heavy atom. The van der Waals surface area contributed by atoms with Crippen LogP contribution in [0.4, 0.5) is 11.6 Å². The molecule has 0 bridgehead atoms. The van der Waals surface area contributed by atoms with Crippen molar-refractivity contribution in [2.45, 2.75) is 26.3 Å². The Balaban J connectivity index is 1.52. The molecule has 3 aromatic heterocycles. The molecule has 0 spiro atoms. The van der Waals surface area contributed by atoms with E-state index in [1.807, 2.05) is 37.6 Å². The van der Waals surface area contributed by atoms with Gasteiger partial charge < -0.3 is 24.7 Å². The van der Waals surface area contributed by atoms with Crippen LogP contribution in [0.1, 0.15) is 29.4 Å². The van der Waals surface area contributed by atoms with Gasteiger partial charge >= 0.3 is 0 Å². The topological polar surface area (TPSA) is 96.7 Å². The Bertz CT molecular complexity index is 1020. The second kappa shape index (κ2) is 8.04. The van der Waals surface area contributed by atoms with Gasteiger partial charge in [-0.15, -0.1) is 10.2 Å². The molecule has 1 saturated heterocycles. The van der Waals surface area contributed by atoms with Crippen LogP contribution in [0.3, 0.4) is 0 Å². The van der Waals surface area contributed by atoms with Crippen molar-refractivity contribution >= 4 is 23.2 Å². The standard InChI is InChI=1S/C20H25N7O2/c1-4-29-16-9-19-22-13(2)10-27(19)12-15(16)20(28)23-17-5-6-18(25-24-17)26-8-7-14(11-26)21-3/h5-6,9-10,12,14,21H,4,7-8,11H2,1-3H3,(H,23,24,28)/t14-/m1/s1. The van der Waals surface area contributed by atoms with E-state index in [9.17, 15) is 4.79 Å². The number of carbonyl (C=O) groups is 1. The minimum absolute atomic E-state index is 0.305. The number of aryl methyl sites for hydroxylation is 1. The highest BCUT2D eigenvalue weighted by molar-refractivity contribution is 6.05. The van der Waals surface area contributed by atoms with Crippen molar-refractivity contribution in [1.29, 1.82) is 0 Å². The SMILES string of the molecule is CCOc1cc2nc(C)cn2cc1C(=O)Nc1ccc(N2CC[C@@H](NC)C2)nn1. The van der Waals surface area contributed by atoms with Gasteiger partial charge in [-0.2, -0.15) is 0 Å². The van der Waals surface area contributed by atoms with E-state index in [2.05, 4.69) is 30.7 Å². The Kier molecular flexibility index (Phi) is 5.30. The van der Waals surface area contributed by atoms with Crippen LogP contribution in [0.5, 0.6) is 5.75 Å². The van der Waals surface area contributed by atoms with Crippen molar-refractivity contribution in [2.75, 3.05) is 37.0 Å². The number of ether oxygens (including phenoxy) is 1. The van der Waals surface area contributed by atoms with E-state index < -0.39 is 0 Å². The highest BCUT2D eigenvalue weighted by atomic mass is 16.5. The maximum atomic E-state index is 12.9. The minimum atomic E-state index is -0.305. The highest BCUT2D eigenvalue weighted by Gasteiger charge is 2.22. The van der Waals surface area contributed by atoms with Gasteiger partial charge in [0.2, 0.25) is 0 Å². The molecule has 1 fully saturated rings. The number of imidazole rings is 1. The molecule has 1 aliphatic rings. The normalized spacial score (nSPS) is 16.4. The fourth-order valence-electron chi connectivity index (χ4n) is 3.54. The molecule has 29 heavy (non-hydrogen) atoms. The smallest absolute Gasteiger partial charge is 0.262 e. The molecule has 9 heteroatoms. The molecule has 0 unspecified atom stereocenters. The minimum Gasteiger partial charge on any atom is -0.493 e. The molecular formula is C20H25N7O2. The van der Waals surface area contributed by atoms with Gasteiger partial charge in [-0.3, -0.25) is 4.79 Å². The average molecular weight is 395 g/mol. The summed E-state index contributed by atoms with van der Waals surface area (Å²) in [5.41, 5.74) is 2.02. The van der Waals surface area contributed by atoms with Crippen LogP contribution in [0.15, 0.2) is 30.6 Å². The van der Waals surface area contributed by atoms with E-state index in [1.165, 1.54) is 0 Å². The molecule has 3 aromatic rings. The fourth-order valence-corrected chi connectivity index (χ4v) is 3.54. The van der Waals surface area contributed by atoms with Crippen LogP contribution >= 0.6 is 0 Å². The molecule has 0 aliphatic carbocycles. The Labute approximate surface area is 169 Å². The van der Waals surface area contributed by atoms with Gasteiger partial charge in [0.05, 0.1) is 17.9 Å². The summed E-state index contributed by atoms with van der Waals surface area (Å²) in [5, 5.41) is 14.5. The van der Waals surface area contributed by atoms with E-state index >= 15 is 0 Å². The van der Waals surface area contributed by atoms with Gasteiger partial charge in [-0.25, -0.2) is 4.98 Å². The first-order valence-electron chi connectivity index (χ1n) is 9.77. The number of likely N-dealkylation sites (N-methyl/N-ethyl adjacent to an activating group) is 1. The number of pyridine rings is 1. The third-order valence-electron chi connectivity index (χ3n) is 5.03. The Morgan fingerprint density at radius 3 is 2.86 bits per heavy atom. The zero-order valence-corrected chi connectivity index (χ0v) is 16.8. The van der Waals surface area contributed by atoms with Gasteiger partial charge in [0.15, 0.2) is 11.6 Å². The summed E-state index contributed by atoms with van der Waals surface area (Å²) in [5.74, 6) is 1.39. The molecule has 0 aromatic carbocycles. The van der Waals surface area contributed by atoms with Crippen molar-refractivity contribution < 1.29 is 9.53 Å². The molecule has 4 heterocycles. The largest absolute Gasteiger partial charge is 0.493 e. The monoisotopic (exact) mass is 395 g/mol. The maximum Gasteiger partial charge on any atom is 0.262 e. The van der Waals surface area contributed by atoms with Gasteiger partial charge in [-0.05, 0) is 39.4 Å². The summed E-state index contributed by atoms with van der Waals surface area (Å²) in [4.78, 5) is 19.5. The number of nitrogens with zero attached hydrogens (tertiary/aromatic N) is 5. The van der Waals surface area contributed by atoms with Gasteiger partial charge in [0.25, 0.3) is 5.91 Å². The molecule has 1 amide bonds. The Hall–Kier alpha value is -3.20. The first kappa shape index (κ1) is 19.1. The predicted molar refractivity (Wildman–Crippen MR) is 111 cm³/mol. The fraction of sp³-hybridized carbons (Fsp3) is 0.400. The quantitative estimate of drug-likeness (QED) is 0.658. The maximum absolute atomic E-state index is 12.9. The summed E-state index contributed by atoms with van der Waals surface area (Å²) >= 11 is 0. The first-order valence-corrected chi connectivity index (χ1v) is 9.77. The second-order valence-corrected chi connectivity index (χ2v) is 7.08. The molecule has 2 N–H and O–H groups in total. The lowest BCUT2D eigenvalue weighted by Gasteiger charge is -2.17. The van der Waals surface area contributed by atoms with E-state index in [0.717, 1.165) is 36.7 Å². The van der Waals surface area contributed by atoms with Crippen LogP contribution in [0, 0.1) is 6.92 Å². The van der Waals surface area contributed by atoms with Gasteiger partial charge in [0.1, 0.15) is 11.4 Å². The molecule has 0 saturated carbocycles. The van der Waals surface area contributed by atoms with Crippen molar-refractivity contribution in [3.8, 4) is 5.75 Å². The average Bonchev–Trinajstić information content (AvgIpc) is 3.33. The third-order valence-corrected chi connectivity index (χ3v) is 5.03. The second-order valence-electron chi connectivity index (χ2n) is 7.08. The van der Waals surface area contributed by atoms with E-state index in [-0.39, 0.29) is 5.91 Å². The molecule has 1 atom stereocenters. The summed E-state index contributed by atoms with van der Waals surface area (Å²) in [6, 6.07) is 5.89. The van der Waals surface area contributed by atoms with E-state index in [4.69, 9.17) is 4.74 Å². The number of fused-ring (bicyclic) bond motifs is 1. The number of aromatic nitrogens is 4. The number of nitrogens with one attached hydrogen (secondary N) is 2. The highest BCUT2D eigenvalue weighted by Crippen LogP contribution is 2.23. The molecule has 9 nitrogen and oxygen atoms in total. The van der Waals surface area contributed by atoms with Crippen molar-refractivity contribution in [3.63, 3.8) is 0 Å². The van der Waals surface area contributed by atoms with Crippen LogP contribution in [-0.2, 0) is 0 Å². The zero-order chi connectivity index (χ0) is 20.4.